The highest BCUT2D eigenvalue weighted by Gasteiger charge is 2.45. The second-order valence-electron chi connectivity index (χ2n) is 8.39. The number of carbonyl (C=O) groups is 5. The second kappa shape index (κ2) is 7.42. The van der Waals surface area contributed by atoms with E-state index in [4.69, 9.17) is 4.74 Å². The van der Waals surface area contributed by atoms with E-state index >= 15 is 0 Å². The van der Waals surface area contributed by atoms with Crippen LogP contribution in [0.15, 0.2) is 18.2 Å². The molecule has 8 heteroatoms. The second-order valence-corrected chi connectivity index (χ2v) is 8.39. The summed E-state index contributed by atoms with van der Waals surface area (Å²) in [7, 11) is 1.54. The monoisotopic (exact) mass is 400 g/mol. The van der Waals surface area contributed by atoms with Crippen LogP contribution in [0.2, 0.25) is 0 Å². The fourth-order valence-electron chi connectivity index (χ4n) is 3.58. The molecule has 1 fully saturated rings. The van der Waals surface area contributed by atoms with Gasteiger partial charge in [0.2, 0.25) is 0 Å². The van der Waals surface area contributed by atoms with Gasteiger partial charge >= 0.3 is 6.09 Å². The predicted molar refractivity (Wildman–Crippen MR) is 102 cm³/mol. The predicted octanol–water partition coefficient (Wildman–Crippen LogP) is 2.34. The number of benzene rings is 1. The highest BCUT2D eigenvalue weighted by molar-refractivity contribution is 6.24. The third-order valence-electron chi connectivity index (χ3n) is 4.90. The van der Waals surface area contributed by atoms with Gasteiger partial charge in [0.15, 0.2) is 5.78 Å². The summed E-state index contributed by atoms with van der Waals surface area (Å²) in [5, 5.41) is 0. The summed E-state index contributed by atoms with van der Waals surface area (Å²) in [5.74, 6) is -1.70. The number of hydrogen-bond donors (Lipinski definition) is 0. The molecule has 29 heavy (non-hydrogen) atoms. The maximum atomic E-state index is 13.1. The molecule has 1 unspecified atom stereocenters. The molecule has 154 valence electrons. The number of nitrogens with zero attached hydrogens (tertiary/aromatic N) is 2. The van der Waals surface area contributed by atoms with Gasteiger partial charge in [-0.2, -0.15) is 0 Å². The molecule has 0 N–H and O–H groups in total. The smallest absolute Gasteiger partial charge is 0.410 e. The zero-order valence-electron chi connectivity index (χ0n) is 17.0. The molecule has 1 aliphatic carbocycles. The van der Waals surface area contributed by atoms with Crippen molar-refractivity contribution >= 4 is 29.5 Å². The minimum absolute atomic E-state index is 0.0715. The Morgan fingerprint density at radius 2 is 1.86 bits per heavy atom. The maximum absolute atomic E-state index is 13.1. The molecule has 3 amide bonds. The van der Waals surface area contributed by atoms with E-state index < -0.39 is 35.3 Å². The molecule has 0 aromatic heterocycles. The molecule has 1 atom stereocenters. The van der Waals surface area contributed by atoms with Crippen LogP contribution in [-0.2, 0) is 20.9 Å². The van der Waals surface area contributed by atoms with Crippen LogP contribution in [0.3, 0.4) is 0 Å². The molecule has 1 aromatic carbocycles. The highest BCUT2D eigenvalue weighted by Crippen LogP contribution is 2.31. The average Bonchev–Trinajstić information content (AvgIpc) is 2.86. The third kappa shape index (κ3) is 4.06. The summed E-state index contributed by atoms with van der Waals surface area (Å²) in [6, 6.07) is 3.92. The SMILES string of the molecule is CN(Cc1cccc2c1C(=O)N(C1CCC(=O)CC1=O)C2=O)C(=O)OC(C)(C)C. The summed E-state index contributed by atoms with van der Waals surface area (Å²) >= 11 is 0. The Kier molecular flexibility index (Phi) is 5.30. The molecule has 0 bridgehead atoms. The van der Waals surface area contributed by atoms with Crippen molar-refractivity contribution in [2.75, 3.05) is 7.05 Å². The number of fused-ring (bicyclic) bond motifs is 1. The lowest BCUT2D eigenvalue weighted by Crippen LogP contribution is -2.47. The molecule has 1 aromatic rings. The number of carbonyl (C=O) groups excluding carboxylic acids is 5. The number of hydrogen-bond acceptors (Lipinski definition) is 6. The van der Waals surface area contributed by atoms with E-state index in [0.717, 1.165) is 4.90 Å². The van der Waals surface area contributed by atoms with E-state index in [1.165, 1.54) is 11.0 Å². The first-order valence-corrected chi connectivity index (χ1v) is 9.48. The van der Waals surface area contributed by atoms with Crippen LogP contribution in [0.4, 0.5) is 4.79 Å². The Labute approximate surface area is 168 Å². The van der Waals surface area contributed by atoms with Crippen LogP contribution in [0.5, 0.6) is 0 Å². The first-order chi connectivity index (χ1) is 13.5. The molecular formula is C21H24N2O6. The number of ether oxygens (including phenoxy) is 1. The van der Waals surface area contributed by atoms with Gasteiger partial charge in [0, 0.05) is 20.0 Å². The van der Waals surface area contributed by atoms with Crippen molar-refractivity contribution in [3.05, 3.63) is 34.9 Å². The zero-order chi connectivity index (χ0) is 21.5. The lowest BCUT2D eigenvalue weighted by molar-refractivity contribution is -0.132. The van der Waals surface area contributed by atoms with Gasteiger partial charge in [-0.3, -0.25) is 24.1 Å². The van der Waals surface area contributed by atoms with Gasteiger partial charge in [0.1, 0.15) is 11.4 Å². The Balaban J connectivity index is 1.86. The van der Waals surface area contributed by atoms with Gasteiger partial charge < -0.3 is 9.64 Å². The number of amides is 3. The van der Waals surface area contributed by atoms with Crippen molar-refractivity contribution in [2.45, 2.75) is 58.2 Å². The molecule has 0 saturated heterocycles. The van der Waals surface area contributed by atoms with E-state index in [9.17, 15) is 24.0 Å². The molecule has 0 spiro atoms. The Morgan fingerprint density at radius 1 is 1.17 bits per heavy atom. The van der Waals surface area contributed by atoms with E-state index in [-0.39, 0.29) is 42.7 Å². The molecule has 1 aliphatic heterocycles. The van der Waals surface area contributed by atoms with E-state index in [1.54, 1.807) is 40.0 Å². The van der Waals surface area contributed by atoms with Gasteiger partial charge in [-0.1, -0.05) is 12.1 Å². The average molecular weight is 400 g/mol. The molecule has 1 heterocycles. The van der Waals surface area contributed by atoms with Crippen LogP contribution in [-0.4, -0.2) is 58.0 Å². The van der Waals surface area contributed by atoms with Crippen LogP contribution >= 0.6 is 0 Å². The quantitative estimate of drug-likeness (QED) is 0.570. The van der Waals surface area contributed by atoms with Gasteiger partial charge in [-0.05, 0) is 38.8 Å². The van der Waals surface area contributed by atoms with Gasteiger partial charge in [0.25, 0.3) is 11.8 Å². The third-order valence-corrected chi connectivity index (χ3v) is 4.90. The van der Waals surface area contributed by atoms with Gasteiger partial charge in [-0.25, -0.2) is 4.79 Å². The normalized spacial score (nSPS) is 19.4. The lowest BCUT2D eigenvalue weighted by Gasteiger charge is -2.27. The summed E-state index contributed by atoms with van der Waals surface area (Å²) in [5.41, 5.74) is 0.231. The topological polar surface area (TPSA) is 101 Å². The largest absolute Gasteiger partial charge is 0.444 e. The highest BCUT2D eigenvalue weighted by atomic mass is 16.6. The summed E-state index contributed by atoms with van der Waals surface area (Å²) in [6.07, 6.45) is -0.495. The number of ketones is 2. The molecule has 8 nitrogen and oxygen atoms in total. The van der Waals surface area contributed by atoms with Gasteiger partial charge in [0.05, 0.1) is 23.6 Å². The first-order valence-electron chi connectivity index (χ1n) is 9.48. The molecular weight excluding hydrogens is 376 g/mol. The van der Waals surface area contributed by atoms with Crippen molar-refractivity contribution in [2.24, 2.45) is 0 Å². The molecule has 2 aliphatic rings. The van der Waals surface area contributed by atoms with Crippen LogP contribution in [0.1, 0.15) is 66.3 Å². The van der Waals surface area contributed by atoms with Crippen molar-refractivity contribution in [1.29, 1.82) is 0 Å². The summed E-state index contributed by atoms with van der Waals surface area (Å²) in [4.78, 5) is 64.3. The van der Waals surface area contributed by atoms with E-state index in [1.807, 2.05) is 0 Å². The minimum atomic E-state index is -0.920. The van der Waals surface area contributed by atoms with Crippen molar-refractivity contribution < 1.29 is 28.7 Å². The first kappa shape index (κ1) is 20.7. The number of Topliss-reactive ketones (excluding diaryl/α,β-unsaturated/α-hetero) is 2. The molecule has 1 saturated carbocycles. The Morgan fingerprint density at radius 3 is 2.48 bits per heavy atom. The standard InChI is InChI=1S/C21H24N2O6/c1-21(2,3)29-20(28)22(4)11-12-6-5-7-14-17(12)19(27)23(18(14)26)15-9-8-13(24)10-16(15)25/h5-7,15H,8-11H2,1-4H3. The van der Waals surface area contributed by atoms with E-state index in [0.29, 0.717) is 5.56 Å². The van der Waals surface area contributed by atoms with E-state index in [2.05, 4.69) is 0 Å². The maximum Gasteiger partial charge on any atom is 0.410 e. The molecule has 0 radical (unpaired) electrons. The minimum Gasteiger partial charge on any atom is -0.444 e. The summed E-state index contributed by atoms with van der Waals surface area (Å²) in [6.45, 7) is 5.34. The number of imide groups is 1. The van der Waals surface area contributed by atoms with Crippen molar-refractivity contribution in [1.82, 2.24) is 9.80 Å². The Bertz CT molecular complexity index is 914. The van der Waals surface area contributed by atoms with Gasteiger partial charge in [-0.15, -0.1) is 0 Å². The fraction of sp³-hybridized carbons (Fsp3) is 0.476. The van der Waals surface area contributed by atoms with Crippen molar-refractivity contribution in [3.63, 3.8) is 0 Å². The lowest BCUT2D eigenvalue weighted by atomic mass is 9.92. The zero-order valence-corrected chi connectivity index (χ0v) is 17.0. The van der Waals surface area contributed by atoms with Crippen LogP contribution < -0.4 is 0 Å². The van der Waals surface area contributed by atoms with Crippen LogP contribution in [0, 0.1) is 0 Å². The molecule has 3 rings (SSSR count). The van der Waals surface area contributed by atoms with Crippen molar-refractivity contribution in [3.8, 4) is 0 Å². The number of rotatable bonds is 3. The fourth-order valence-corrected chi connectivity index (χ4v) is 3.58. The van der Waals surface area contributed by atoms with Crippen LogP contribution in [0.25, 0.3) is 0 Å². The Hall–Kier alpha value is -3.03. The summed E-state index contributed by atoms with van der Waals surface area (Å²) < 4.78 is 5.33.